The highest BCUT2D eigenvalue weighted by Crippen LogP contribution is 2.44. The minimum absolute atomic E-state index is 0.0346. The first-order chi connectivity index (χ1) is 11.9. The number of anilines is 1. The molecule has 0 aliphatic heterocycles. The van der Waals surface area contributed by atoms with E-state index in [9.17, 15) is 14.7 Å². The number of amides is 1. The van der Waals surface area contributed by atoms with Crippen LogP contribution < -0.4 is 5.73 Å². The molecule has 0 bridgehead atoms. The highest BCUT2D eigenvalue weighted by Gasteiger charge is 2.46. The lowest BCUT2D eigenvalue weighted by atomic mass is 9.64. The van der Waals surface area contributed by atoms with Crippen LogP contribution in [-0.4, -0.2) is 44.9 Å². The highest BCUT2D eigenvalue weighted by atomic mass is 16.4. The van der Waals surface area contributed by atoms with Gasteiger partial charge in [0.25, 0.3) is 5.91 Å². The number of carbonyl (C=O) groups excluding carboxylic acids is 1. The number of aliphatic carboxylic acids is 1. The molecule has 1 fully saturated rings. The van der Waals surface area contributed by atoms with E-state index in [0.717, 1.165) is 6.42 Å². The van der Waals surface area contributed by atoms with Crippen molar-refractivity contribution in [1.29, 1.82) is 0 Å². The van der Waals surface area contributed by atoms with E-state index in [2.05, 4.69) is 9.97 Å². The number of benzene rings is 1. The van der Waals surface area contributed by atoms with Crippen molar-refractivity contribution in [3.8, 4) is 0 Å². The number of rotatable bonds is 5. The molecule has 1 amide bonds. The number of carboxylic acids is 1. The molecular formula is C18H22N4O3. The standard InChI is InChI=1S/C18H22N4O3/c1-3-22(4-2)15(23)14-12-10-11(18(16(24)25)8-5-9-18)6-7-13(12)20-17(19)21-14/h6-7,10H,3-5,8-9H2,1-2H3,(H,24,25)(H2,19,20,21). The van der Waals surface area contributed by atoms with Crippen LogP contribution in [0.3, 0.4) is 0 Å². The largest absolute Gasteiger partial charge is 0.481 e. The van der Waals surface area contributed by atoms with E-state index in [1.165, 1.54) is 0 Å². The molecule has 25 heavy (non-hydrogen) atoms. The normalized spacial score (nSPS) is 15.6. The number of carboxylic acid groups (broad SMARTS) is 1. The van der Waals surface area contributed by atoms with Crippen molar-refractivity contribution in [2.24, 2.45) is 0 Å². The van der Waals surface area contributed by atoms with Crippen LogP contribution in [0.4, 0.5) is 5.95 Å². The van der Waals surface area contributed by atoms with Gasteiger partial charge in [-0.2, -0.15) is 0 Å². The van der Waals surface area contributed by atoms with Gasteiger partial charge in [0.2, 0.25) is 5.95 Å². The van der Waals surface area contributed by atoms with E-state index in [4.69, 9.17) is 5.73 Å². The highest BCUT2D eigenvalue weighted by molar-refractivity contribution is 6.05. The molecule has 0 atom stereocenters. The summed E-state index contributed by atoms with van der Waals surface area (Å²) in [6.07, 6.45) is 2.08. The molecule has 2 aromatic rings. The minimum Gasteiger partial charge on any atom is -0.481 e. The fourth-order valence-electron chi connectivity index (χ4n) is 3.42. The molecule has 1 aromatic heterocycles. The zero-order valence-corrected chi connectivity index (χ0v) is 14.5. The second-order valence-electron chi connectivity index (χ2n) is 6.38. The van der Waals surface area contributed by atoms with Crippen LogP contribution in [0.25, 0.3) is 10.9 Å². The molecule has 1 saturated carbocycles. The molecule has 0 spiro atoms. The molecule has 1 aliphatic rings. The van der Waals surface area contributed by atoms with Crippen molar-refractivity contribution in [3.05, 3.63) is 29.5 Å². The van der Waals surface area contributed by atoms with Gasteiger partial charge < -0.3 is 15.7 Å². The van der Waals surface area contributed by atoms with Crippen LogP contribution in [0, 0.1) is 0 Å². The SMILES string of the molecule is CCN(CC)C(=O)c1nc(N)nc2ccc(C3(C(=O)O)CCC3)cc12. The van der Waals surface area contributed by atoms with Crippen LogP contribution in [0.5, 0.6) is 0 Å². The van der Waals surface area contributed by atoms with Crippen LogP contribution in [0.15, 0.2) is 18.2 Å². The van der Waals surface area contributed by atoms with Crippen molar-refractivity contribution in [1.82, 2.24) is 14.9 Å². The zero-order chi connectivity index (χ0) is 18.2. The van der Waals surface area contributed by atoms with Crippen molar-refractivity contribution in [2.75, 3.05) is 18.8 Å². The number of fused-ring (bicyclic) bond motifs is 1. The molecule has 0 radical (unpaired) electrons. The third-order valence-electron chi connectivity index (χ3n) is 5.14. The van der Waals surface area contributed by atoms with Gasteiger partial charge in [0.05, 0.1) is 10.9 Å². The predicted octanol–water partition coefficient (Wildman–Crippen LogP) is 2.20. The first-order valence-corrected chi connectivity index (χ1v) is 8.53. The molecule has 7 nitrogen and oxygen atoms in total. The second kappa shape index (κ2) is 6.31. The van der Waals surface area contributed by atoms with E-state index in [1.54, 1.807) is 23.1 Å². The van der Waals surface area contributed by atoms with E-state index < -0.39 is 11.4 Å². The predicted molar refractivity (Wildman–Crippen MR) is 94.4 cm³/mol. The summed E-state index contributed by atoms with van der Waals surface area (Å²) in [6.45, 7) is 4.90. The molecule has 7 heteroatoms. The number of nitrogens with zero attached hydrogens (tertiary/aromatic N) is 3. The fraction of sp³-hybridized carbons (Fsp3) is 0.444. The summed E-state index contributed by atoms with van der Waals surface area (Å²) in [4.78, 5) is 34.6. The van der Waals surface area contributed by atoms with Crippen LogP contribution >= 0.6 is 0 Å². The summed E-state index contributed by atoms with van der Waals surface area (Å²) in [7, 11) is 0. The van der Waals surface area contributed by atoms with Gasteiger partial charge in [-0.05, 0) is 44.4 Å². The first kappa shape index (κ1) is 17.1. The lowest BCUT2D eigenvalue weighted by molar-refractivity contribution is -0.147. The monoisotopic (exact) mass is 342 g/mol. The van der Waals surface area contributed by atoms with E-state index in [-0.39, 0.29) is 17.5 Å². The van der Waals surface area contributed by atoms with Gasteiger partial charge in [0.1, 0.15) is 5.69 Å². The molecule has 1 aromatic carbocycles. The molecule has 0 unspecified atom stereocenters. The summed E-state index contributed by atoms with van der Waals surface area (Å²) in [5.74, 6) is -1.02. The van der Waals surface area contributed by atoms with Gasteiger partial charge in [0, 0.05) is 18.5 Å². The Morgan fingerprint density at radius 3 is 2.44 bits per heavy atom. The minimum atomic E-state index is -0.870. The topological polar surface area (TPSA) is 109 Å². The Morgan fingerprint density at radius 2 is 1.92 bits per heavy atom. The summed E-state index contributed by atoms with van der Waals surface area (Å²) >= 11 is 0. The first-order valence-electron chi connectivity index (χ1n) is 8.53. The van der Waals surface area contributed by atoms with Crippen LogP contribution in [0.1, 0.15) is 49.2 Å². The molecule has 1 heterocycles. The van der Waals surface area contributed by atoms with Crippen LogP contribution in [0.2, 0.25) is 0 Å². The third kappa shape index (κ3) is 2.69. The van der Waals surface area contributed by atoms with E-state index in [1.807, 2.05) is 13.8 Å². The van der Waals surface area contributed by atoms with Gasteiger partial charge >= 0.3 is 5.97 Å². The molecular weight excluding hydrogens is 320 g/mol. The Kier molecular flexibility index (Phi) is 4.32. The fourth-order valence-corrected chi connectivity index (χ4v) is 3.42. The second-order valence-corrected chi connectivity index (χ2v) is 6.38. The number of nitrogens with two attached hydrogens (primary N) is 1. The number of carbonyl (C=O) groups is 2. The molecule has 3 rings (SSSR count). The molecule has 132 valence electrons. The maximum Gasteiger partial charge on any atom is 0.314 e. The Hall–Kier alpha value is -2.70. The average molecular weight is 342 g/mol. The van der Waals surface area contributed by atoms with E-state index in [0.29, 0.717) is 42.4 Å². The number of hydrogen-bond acceptors (Lipinski definition) is 5. The Bertz CT molecular complexity index is 842. The number of aromatic nitrogens is 2. The lowest BCUT2D eigenvalue weighted by Crippen LogP contribution is -2.42. The average Bonchev–Trinajstić information content (AvgIpc) is 2.53. The Labute approximate surface area is 145 Å². The zero-order valence-electron chi connectivity index (χ0n) is 14.5. The number of nitrogen functional groups attached to an aromatic ring is 1. The van der Waals surface area contributed by atoms with E-state index >= 15 is 0 Å². The summed E-state index contributed by atoms with van der Waals surface area (Å²) in [5.41, 5.74) is 6.37. The van der Waals surface area contributed by atoms with Crippen molar-refractivity contribution in [3.63, 3.8) is 0 Å². The maximum atomic E-state index is 12.8. The molecule has 1 aliphatic carbocycles. The van der Waals surface area contributed by atoms with Crippen molar-refractivity contribution >= 4 is 28.7 Å². The quantitative estimate of drug-likeness (QED) is 0.862. The maximum absolute atomic E-state index is 12.8. The smallest absolute Gasteiger partial charge is 0.314 e. The number of hydrogen-bond donors (Lipinski definition) is 2. The third-order valence-corrected chi connectivity index (χ3v) is 5.14. The van der Waals surface area contributed by atoms with Crippen LogP contribution in [-0.2, 0) is 10.2 Å². The van der Waals surface area contributed by atoms with Gasteiger partial charge in [0.15, 0.2) is 0 Å². The van der Waals surface area contributed by atoms with Gasteiger partial charge in [-0.3, -0.25) is 9.59 Å². The lowest BCUT2D eigenvalue weighted by Gasteiger charge is -2.38. The van der Waals surface area contributed by atoms with Gasteiger partial charge in [-0.25, -0.2) is 9.97 Å². The Morgan fingerprint density at radius 1 is 1.24 bits per heavy atom. The van der Waals surface area contributed by atoms with Crippen molar-refractivity contribution in [2.45, 2.75) is 38.5 Å². The summed E-state index contributed by atoms with van der Waals surface area (Å²) < 4.78 is 0. The van der Waals surface area contributed by atoms with Gasteiger partial charge in [-0.15, -0.1) is 0 Å². The Balaban J connectivity index is 2.18. The molecule has 0 saturated heterocycles. The summed E-state index contributed by atoms with van der Waals surface area (Å²) in [5, 5.41) is 10.2. The van der Waals surface area contributed by atoms with Gasteiger partial charge in [-0.1, -0.05) is 12.5 Å². The molecule has 3 N–H and O–H groups in total. The van der Waals surface area contributed by atoms with Crippen molar-refractivity contribution < 1.29 is 14.7 Å². The summed E-state index contributed by atoms with van der Waals surface area (Å²) in [6, 6.07) is 5.25.